The molecule has 0 bridgehead atoms. The molecule has 0 radical (unpaired) electrons. The monoisotopic (exact) mass is 350 g/mol. The molecule has 1 aromatic heterocycles. The van der Waals surface area contributed by atoms with E-state index in [0.29, 0.717) is 29.7 Å². The molecule has 1 aromatic carbocycles. The Labute approximate surface area is 152 Å². The van der Waals surface area contributed by atoms with Gasteiger partial charge in [-0.05, 0) is 23.3 Å². The largest absolute Gasteiger partial charge is 0.392 e. The maximum Gasteiger partial charge on any atom is 0.171 e. The lowest BCUT2D eigenvalue weighted by Gasteiger charge is -2.15. The minimum Gasteiger partial charge on any atom is -0.392 e. The SMILES string of the molecule is CN/C=C(\C=N)Nc1cnc(N)c(NCc2ccc3c(c2)C=CCN3)n1. The molecule has 7 N–H and O–H groups in total. The van der Waals surface area contributed by atoms with Gasteiger partial charge in [-0.2, -0.15) is 0 Å². The fraction of sp³-hybridized carbons (Fsp3) is 0.167. The number of rotatable bonds is 7. The fourth-order valence-electron chi connectivity index (χ4n) is 2.57. The number of anilines is 4. The average Bonchev–Trinajstić information content (AvgIpc) is 2.67. The van der Waals surface area contributed by atoms with Gasteiger partial charge in [0.25, 0.3) is 0 Å². The molecule has 0 atom stereocenters. The van der Waals surface area contributed by atoms with Crippen molar-refractivity contribution < 1.29 is 0 Å². The van der Waals surface area contributed by atoms with Crippen molar-refractivity contribution in [2.45, 2.75) is 6.54 Å². The summed E-state index contributed by atoms with van der Waals surface area (Å²) in [7, 11) is 1.76. The van der Waals surface area contributed by atoms with Crippen LogP contribution in [0.1, 0.15) is 11.1 Å². The molecular formula is C18H22N8. The molecule has 2 aromatic rings. The first kappa shape index (κ1) is 17.3. The third-order valence-electron chi connectivity index (χ3n) is 3.81. The molecule has 1 aliphatic heterocycles. The number of hydrogen-bond donors (Lipinski definition) is 6. The normalized spacial score (nSPS) is 12.7. The first-order valence-electron chi connectivity index (χ1n) is 8.24. The number of nitrogens with one attached hydrogen (secondary N) is 5. The van der Waals surface area contributed by atoms with Crippen LogP contribution in [0.3, 0.4) is 0 Å². The van der Waals surface area contributed by atoms with Crippen LogP contribution in [-0.2, 0) is 6.54 Å². The van der Waals surface area contributed by atoms with Crippen LogP contribution < -0.4 is 27.0 Å². The van der Waals surface area contributed by atoms with Crippen molar-refractivity contribution in [2.24, 2.45) is 0 Å². The first-order chi connectivity index (χ1) is 12.7. The topological polar surface area (TPSA) is 124 Å². The summed E-state index contributed by atoms with van der Waals surface area (Å²) in [5, 5.41) is 19.8. The van der Waals surface area contributed by atoms with Gasteiger partial charge in [0.15, 0.2) is 17.5 Å². The van der Waals surface area contributed by atoms with Crippen LogP contribution in [0, 0.1) is 5.41 Å². The van der Waals surface area contributed by atoms with Gasteiger partial charge < -0.3 is 32.4 Å². The summed E-state index contributed by atoms with van der Waals surface area (Å²) in [6, 6.07) is 6.26. The predicted molar refractivity (Wildman–Crippen MR) is 107 cm³/mol. The van der Waals surface area contributed by atoms with E-state index in [1.165, 1.54) is 12.4 Å². The number of nitrogens with zero attached hydrogens (tertiary/aromatic N) is 2. The number of hydrogen-bond acceptors (Lipinski definition) is 8. The molecule has 0 fully saturated rings. The fourth-order valence-corrected chi connectivity index (χ4v) is 2.57. The van der Waals surface area contributed by atoms with E-state index in [0.717, 1.165) is 23.4 Å². The zero-order valence-electron chi connectivity index (χ0n) is 14.5. The molecule has 0 unspecified atom stereocenters. The first-order valence-corrected chi connectivity index (χ1v) is 8.24. The molecule has 8 nitrogen and oxygen atoms in total. The Balaban J connectivity index is 1.71. The van der Waals surface area contributed by atoms with Crippen LogP contribution >= 0.6 is 0 Å². The minimum atomic E-state index is 0.323. The summed E-state index contributed by atoms with van der Waals surface area (Å²) >= 11 is 0. The van der Waals surface area contributed by atoms with E-state index < -0.39 is 0 Å². The Hall–Kier alpha value is -3.55. The van der Waals surface area contributed by atoms with Crippen molar-refractivity contribution in [2.75, 3.05) is 35.3 Å². The molecule has 0 amide bonds. The molecule has 0 saturated heterocycles. The highest BCUT2D eigenvalue weighted by molar-refractivity contribution is 5.80. The van der Waals surface area contributed by atoms with Gasteiger partial charge in [0, 0.05) is 38.2 Å². The van der Waals surface area contributed by atoms with Gasteiger partial charge in [-0.1, -0.05) is 18.2 Å². The van der Waals surface area contributed by atoms with Crippen LogP contribution in [0.25, 0.3) is 6.08 Å². The summed E-state index contributed by atoms with van der Waals surface area (Å²) in [5.74, 6) is 1.32. The average molecular weight is 350 g/mol. The van der Waals surface area contributed by atoms with E-state index in [4.69, 9.17) is 11.1 Å². The number of aromatic nitrogens is 2. The molecule has 8 heteroatoms. The van der Waals surface area contributed by atoms with Crippen LogP contribution in [0.2, 0.25) is 0 Å². The predicted octanol–water partition coefficient (Wildman–Crippen LogP) is 2.23. The van der Waals surface area contributed by atoms with Crippen molar-refractivity contribution in [3.8, 4) is 0 Å². The molecule has 0 spiro atoms. The third-order valence-corrected chi connectivity index (χ3v) is 3.81. The van der Waals surface area contributed by atoms with E-state index in [1.54, 1.807) is 13.2 Å². The van der Waals surface area contributed by atoms with Crippen molar-refractivity contribution in [3.05, 3.63) is 53.5 Å². The maximum atomic E-state index is 7.38. The number of nitrogens with two attached hydrogens (primary N) is 1. The van der Waals surface area contributed by atoms with E-state index in [-0.39, 0.29) is 0 Å². The second-order valence-electron chi connectivity index (χ2n) is 5.71. The van der Waals surface area contributed by atoms with Gasteiger partial charge in [0.1, 0.15) is 0 Å². The molecule has 3 rings (SSSR count). The van der Waals surface area contributed by atoms with Gasteiger partial charge in [0.2, 0.25) is 0 Å². The number of nitrogen functional groups attached to an aromatic ring is 1. The summed E-state index contributed by atoms with van der Waals surface area (Å²) in [6.07, 6.45) is 8.59. The van der Waals surface area contributed by atoms with Gasteiger partial charge in [0.05, 0.1) is 11.9 Å². The standard InChI is InChI=1S/C18H22N8/c1-21-10-14(8-19)25-16-11-23-17(20)18(26-16)24-9-12-4-5-15-13(7-12)3-2-6-22-15/h2-5,7-8,10-11,19,21-22H,6,9H2,1H3,(H2,20,23)(H2,24,25,26)/b14-10+,19-8?. The van der Waals surface area contributed by atoms with E-state index in [9.17, 15) is 0 Å². The Kier molecular flexibility index (Phi) is 5.33. The van der Waals surface area contributed by atoms with Crippen molar-refractivity contribution >= 4 is 35.4 Å². The lowest BCUT2D eigenvalue weighted by molar-refractivity contribution is 1.07. The van der Waals surface area contributed by atoms with Crippen LogP contribution in [0.15, 0.2) is 42.4 Å². The highest BCUT2D eigenvalue weighted by atomic mass is 15.1. The zero-order valence-corrected chi connectivity index (χ0v) is 14.5. The third kappa shape index (κ3) is 4.10. The summed E-state index contributed by atoms with van der Waals surface area (Å²) < 4.78 is 0. The number of fused-ring (bicyclic) bond motifs is 1. The van der Waals surface area contributed by atoms with Crippen LogP contribution in [0.5, 0.6) is 0 Å². The van der Waals surface area contributed by atoms with Gasteiger partial charge in [-0.15, -0.1) is 0 Å². The van der Waals surface area contributed by atoms with Crippen molar-refractivity contribution in [3.63, 3.8) is 0 Å². The molecule has 1 aliphatic rings. The molecule has 26 heavy (non-hydrogen) atoms. The molecule has 134 valence electrons. The van der Waals surface area contributed by atoms with E-state index >= 15 is 0 Å². The van der Waals surface area contributed by atoms with E-state index in [1.807, 2.05) is 0 Å². The quantitative estimate of drug-likeness (QED) is 0.423. The Bertz CT molecular complexity index is 856. The molecular weight excluding hydrogens is 328 g/mol. The number of allylic oxidation sites excluding steroid dienone is 1. The molecule has 0 aliphatic carbocycles. The number of benzene rings is 1. The lowest BCUT2D eigenvalue weighted by Crippen LogP contribution is -2.11. The van der Waals surface area contributed by atoms with Crippen LogP contribution in [-0.4, -0.2) is 29.8 Å². The molecule has 0 saturated carbocycles. The zero-order chi connectivity index (χ0) is 18.4. The lowest BCUT2D eigenvalue weighted by atomic mass is 10.1. The van der Waals surface area contributed by atoms with Crippen LogP contribution in [0.4, 0.5) is 23.1 Å². The van der Waals surface area contributed by atoms with Crippen molar-refractivity contribution in [1.82, 2.24) is 15.3 Å². The maximum absolute atomic E-state index is 7.38. The van der Waals surface area contributed by atoms with Gasteiger partial charge in [-0.3, -0.25) is 0 Å². The highest BCUT2D eigenvalue weighted by Gasteiger charge is 2.08. The summed E-state index contributed by atoms with van der Waals surface area (Å²) in [4.78, 5) is 8.59. The second-order valence-corrected chi connectivity index (χ2v) is 5.71. The van der Waals surface area contributed by atoms with Crippen molar-refractivity contribution in [1.29, 1.82) is 5.41 Å². The highest BCUT2D eigenvalue weighted by Crippen LogP contribution is 2.23. The van der Waals surface area contributed by atoms with E-state index in [2.05, 4.69) is 61.6 Å². The Morgan fingerprint density at radius 1 is 1.42 bits per heavy atom. The second kappa shape index (κ2) is 8.02. The Morgan fingerprint density at radius 3 is 3.12 bits per heavy atom. The van der Waals surface area contributed by atoms with Gasteiger partial charge >= 0.3 is 0 Å². The minimum absolute atomic E-state index is 0.323. The van der Waals surface area contributed by atoms with Gasteiger partial charge in [-0.25, -0.2) is 9.97 Å². The Morgan fingerprint density at radius 2 is 2.31 bits per heavy atom. The summed E-state index contributed by atoms with van der Waals surface area (Å²) in [6.45, 7) is 1.43. The summed E-state index contributed by atoms with van der Waals surface area (Å²) in [5.41, 5.74) is 9.91. The smallest absolute Gasteiger partial charge is 0.171 e. The molecule has 2 heterocycles.